The Kier molecular flexibility index (Phi) is 7.89. The molecule has 156 valence electrons. The Morgan fingerprint density at radius 3 is 2.17 bits per heavy atom. The molecule has 2 N–H and O–H groups in total. The molecular formula is C25H27ClN2O2. The molecule has 0 spiro atoms. The summed E-state index contributed by atoms with van der Waals surface area (Å²) < 4.78 is 5.89. The Morgan fingerprint density at radius 2 is 1.50 bits per heavy atom. The van der Waals surface area contributed by atoms with Crippen LogP contribution in [-0.2, 0) is 11.4 Å². The summed E-state index contributed by atoms with van der Waals surface area (Å²) in [6, 6.07) is 26.3. The molecule has 1 aliphatic heterocycles. The van der Waals surface area contributed by atoms with E-state index in [0.717, 1.165) is 42.9 Å². The van der Waals surface area contributed by atoms with Crippen molar-refractivity contribution in [2.45, 2.75) is 19.4 Å². The number of ether oxygens (including phenoxy) is 1. The molecule has 30 heavy (non-hydrogen) atoms. The van der Waals surface area contributed by atoms with Gasteiger partial charge in [-0.3, -0.25) is 4.79 Å². The van der Waals surface area contributed by atoms with Gasteiger partial charge in [0.1, 0.15) is 12.4 Å². The monoisotopic (exact) mass is 422 g/mol. The molecule has 1 heterocycles. The second-order valence-electron chi connectivity index (χ2n) is 7.39. The summed E-state index contributed by atoms with van der Waals surface area (Å²) in [6.07, 6.45) is 1.80. The minimum absolute atomic E-state index is 0. The van der Waals surface area contributed by atoms with Crippen molar-refractivity contribution in [3.8, 4) is 16.9 Å². The van der Waals surface area contributed by atoms with Crippen LogP contribution in [0.4, 0.5) is 5.69 Å². The first kappa shape index (κ1) is 21.9. The van der Waals surface area contributed by atoms with Gasteiger partial charge in [0, 0.05) is 11.6 Å². The van der Waals surface area contributed by atoms with Crippen LogP contribution in [0.25, 0.3) is 11.1 Å². The molecule has 1 aliphatic rings. The maximum Gasteiger partial charge on any atom is 0.227 e. The van der Waals surface area contributed by atoms with Crippen molar-refractivity contribution in [3.63, 3.8) is 0 Å². The van der Waals surface area contributed by atoms with E-state index >= 15 is 0 Å². The zero-order valence-corrected chi connectivity index (χ0v) is 17.7. The van der Waals surface area contributed by atoms with Gasteiger partial charge in [0.2, 0.25) is 5.91 Å². The van der Waals surface area contributed by atoms with Crippen molar-refractivity contribution >= 4 is 24.0 Å². The third kappa shape index (κ3) is 5.85. The fourth-order valence-corrected chi connectivity index (χ4v) is 3.55. The molecule has 0 aliphatic carbocycles. The molecular weight excluding hydrogens is 396 g/mol. The van der Waals surface area contributed by atoms with Crippen LogP contribution in [0, 0.1) is 5.92 Å². The quantitative estimate of drug-likeness (QED) is 0.567. The highest BCUT2D eigenvalue weighted by molar-refractivity contribution is 5.92. The lowest BCUT2D eigenvalue weighted by Gasteiger charge is -2.21. The lowest BCUT2D eigenvalue weighted by Crippen LogP contribution is -2.34. The molecule has 1 fully saturated rings. The van der Waals surface area contributed by atoms with Gasteiger partial charge in [-0.15, -0.1) is 12.4 Å². The van der Waals surface area contributed by atoms with Gasteiger partial charge in [-0.25, -0.2) is 0 Å². The van der Waals surface area contributed by atoms with Gasteiger partial charge in [-0.05, 0) is 66.9 Å². The van der Waals surface area contributed by atoms with Crippen LogP contribution in [0.15, 0.2) is 78.9 Å². The molecule has 0 aromatic heterocycles. The normalized spacial score (nSPS) is 13.9. The van der Waals surface area contributed by atoms with E-state index in [4.69, 9.17) is 4.74 Å². The molecule has 1 saturated heterocycles. The van der Waals surface area contributed by atoms with Crippen LogP contribution in [-0.4, -0.2) is 19.0 Å². The number of carbonyl (C=O) groups is 1. The Morgan fingerprint density at radius 1 is 0.867 bits per heavy atom. The molecule has 4 nitrogen and oxygen atoms in total. The van der Waals surface area contributed by atoms with Gasteiger partial charge < -0.3 is 15.4 Å². The first-order valence-corrected chi connectivity index (χ1v) is 10.2. The number of piperidine rings is 1. The second kappa shape index (κ2) is 10.8. The summed E-state index contributed by atoms with van der Waals surface area (Å²) in [5, 5.41) is 6.30. The Hall–Kier alpha value is -2.82. The van der Waals surface area contributed by atoms with E-state index < -0.39 is 0 Å². The fourth-order valence-electron chi connectivity index (χ4n) is 3.55. The largest absolute Gasteiger partial charge is 0.489 e. The summed E-state index contributed by atoms with van der Waals surface area (Å²) in [5.41, 5.74) is 4.34. The SMILES string of the molecule is Cl.O=C(Nc1ccc(OCc2ccc(-c3ccccc3)cc2)cc1)C1CCNCC1. The van der Waals surface area contributed by atoms with Gasteiger partial charge >= 0.3 is 0 Å². The summed E-state index contributed by atoms with van der Waals surface area (Å²) in [4.78, 5) is 12.3. The Bertz CT molecular complexity index is 922. The summed E-state index contributed by atoms with van der Waals surface area (Å²) in [5.74, 6) is 1.00. The smallest absolute Gasteiger partial charge is 0.227 e. The van der Waals surface area contributed by atoms with Crippen molar-refractivity contribution < 1.29 is 9.53 Å². The Labute approximate surface area is 184 Å². The van der Waals surface area contributed by atoms with E-state index in [1.807, 2.05) is 42.5 Å². The molecule has 3 aromatic rings. The highest BCUT2D eigenvalue weighted by Gasteiger charge is 2.20. The number of benzene rings is 3. The van der Waals surface area contributed by atoms with Gasteiger partial charge in [0.15, 0.2) is 0 Å². The van der Waals surface area contributed by atoms with E-state index in [9.17, 15) is 4.79 Å². The van der Waals surface area contributed by atoms with Crippen LogP contribution in [0.2, 0.25) is 0 Å². The maximum atomic E-state index is 12.3. The number of amides is 1. The predicted octanol–water partition coefficient (Wildman–Crippen LogP) is 5.29. The van der Waals surface area contributed by atoms with Gasteiger partial charge in [0.25, 0.3) is 0 Å². The number of carbonyl (C=O) groups excluding carboxylic acids is 1. The van der Waals surface area contributed by atoms with Crippen molar-refractivity contribution in [1.29, 1.82) is 0 Å². The second-order valence-corrected chi connectivity index (χ2v) is 7.39. The molecule has 5 heteroatoms. The highest BCUT2D eigenvalue weighted by atomic mass is 35.5. The van der Waals surface area contributed by atoms with Crippen LogP contribution in [0.5, 0.6) is 5.75 Å². The standard InChI is InChI=1S/C25H26N2O2.ClH/c28-25(22-14-16-26-17-15-22)27-23-10-12-24(13-11-23)29-18-19-6-8-21(9-7-19)20-4-2-1-3-5-20;/h1-13,22,26H,14-18H2,(H,27,28);1H. The zero-order valence-electron chi connectivity index (χ0n) is 16.8. The number of anilines is 1. The van der Waals surface area contributed by atoms with Crippen molar-refractivity contribution in [2.75, 3.05) is 18.4 Å². The highest BCUT2D eigenvalue weighted by Crippen LogP contribution is 2.22. The average molecular weight is 423 g/mol. The number of halogens is 1. The van der Waals surface area contributed by atoms with Crippen molar-refractivity contribution in [1.82, 2.24) is 5.32 Å². The third-order valence-corrected chi connectivity index (χ3v) is 5.30. The van der Waals surface area contributed by atoms with Gasteiger partial charge in [-0.2, -0.15) is 0 Å². The molecule has 0 radical (unpaired) electrons. The molecule has 1 amide bonds. The Balaban J connectivity index is 0.00000256. The van der Waals surface area contributed by atoms with E-state index in [1.165, 1.54) is 11.1 Å². The number of hydrogen-bond donors (Lipinski definition) is 2. The summed E-state index contributed by atoms with van der Waals surface area (Å²) >= 11 is 0. The average Bonchev–Trinajstić information content (AvgIpc) is 2.80. The van der Waals surface area contributed by atoms with Gasteiger partial charge in [0.05, 0.1) is 0 Å². The summed E-state index contributed by atoms with van der Waals surface area (Å²) in [6.45, 7) is 2.34. The first-order valence-electron chi connectivity index (χ1n) is 10.2. The first-order chi connectivity index (χ1) is 14.3. The molecule has 0 bridgehead atoms. The molecule has 4 rings (SSSR count). The minimum atomic E-state index is 0. The molecule has 0 saturated carbocycles. The molecule has 3 aromatic carbocycles. The third-order valence-electron chi connectivity index (χ3n) is 5.30. The van der Waals surface area contributed by atoms with Crippen LogP contribution in [0.3, 0.4) is 0 Å². The zero-order chi connectivity index (χ0) is 19.9. The van der Waals surface area contributed by atoms with E-state index in [2.05, 4.69) is 47.0 Å². The van der Waals surface area contributed by atoms with Crippen LogP contribution >= 0.6 is 12.4 Å². The number of nitrogens with one attached hydrogen (secondary N) is 2. The lowest BCUT2D eigenvalue weighted by atomic mass is 9.97. The van der Waals surface area contributed by atoms with Crippen molar-refractivity contribution in [3.05, 3.63) is 84.4 Å². The number of rotatable bonds is 6. The fraction of sp³-hybridized carbons (Fsp3) is 0.240. The topological polar surface area (TPSA) is 50.4 Å². The van der Waals surface area contributed by atoms with E-state index in [-0.39, 0.29) is 24.2 Å². The lowest BCUT2D eigenvalue weighted by molar-refractivity contribution is -0.120. The van der Waals surface area contributed by atoms with Gasteiger partial charge in [-0.1, -0.05) is 54.6 Å². The van der Waals surface area contributed by atoms with Crippen molar-refractivity contribution in [2.24, 2.45) is 5.92 Å². The maximum absolute atomic E-state index is 12.3. The van der Waals surface area contributed by atoms with E-state index in [1.54, 1.807) is 0 Å². The molecule has 0 unspecified atom stereocenters. The van der Waals surface area contributed by atoms with Crippen LogP contribution in [0.1, 0.15) is 18.4 Å². The molecule has 0 atom stereocenters. The summed E-state index contributed by atoms with van der Waals surface area (Å²) in [7, 11) is 0. The predicted molar refractivity (Wildman–Crippen MR) is 124 cm³/mol. The minimum Gasteiger partial charge on any atom is -0.489 e. The number of hydrogen-bond acceptors (Lipinski definition) is 3. The van der Waals surface area contributed by atoms with Crippen LogP contribution < -0.4 is 15.4 Å². The van der Waals surface area contributed by atoms with E-state index in [0.29, 0.717) is 6.61 Å².